The van der Waals surface area contributed by atoms with Crippen LogP contribution in [0.1, 0.15) is 44.5 Å². The average Bonchev–Trinajstić information content (AvgIpc) is 3.89. The maximum atomic E-state index is 15.2. The zero-order valence-corrected chi connectivity index (χ0v) is 32.6. The summed E-state index contributed by atoms with van der Waals surface area (Å²) in [7, 11) is 0. The summed E-state index contributed by atoms with van der Waals surface area (Å²) in [5.41, 5.74) is 1.21. The third kappa shape index (κ3) is 11.2. The number of rotatable bonds is 15. The average molecular weight is 832 g/mol. The first kappa shape index (κ1) is 43.8. The molecule has 0 saturated carbocycles. The predicted molar refractivity (Wildman–Crippen MR) is 202 cm³/mol. The fourth-order valence-electron chi connectivity index (χ4n) is 6.82. The Morgan fingerprint density at radius 1 is 1.00 bits per heavy atom. The highest BCUT2D eigenvalue weighted by Gasteiger charge is 2.44. The number of carbonyl (C=O) groups excluding carboxylic acids is 6. The molecular formula is C40H42F5N5O7S. The van der Waals surface area contributed by atoms with Gasteiger partial charge in [-0.05, 0) is 60.7 Å². The van der Waals surface area contributed by atoms with Crippen molar-refractivity contribution in [3.63, 3.8) is 0 Å². The van der Waals surface area contributed by atoms with Crippen molar-refractivity contribution in [2.45, 2.75) is 52.0 Å². The summed E-state index contributed by atoms with van der Waals surface area (Å²) < 4.78 is 74.5. The van der Waals surface area contributed by atoms with E-state index in [2.05, 4.69) is 15.4 Å². The van der Waals surface area contributed by atoms with E-state index in [9.17, 15) is 46.3 Å². The number of nitrogens with one attached hydrogen (secondary N) is 2. The van der Waals surface area contributed by atoms with Gasteiger partial charge >= 0.3 is 18.1 Å². The maximum Gasteiger partial charge on any atom is 0.491 e. The highest BCUT2D eigenvalue weighted by atomic mass is 32.2. The summed E-state index contributed by atoms with van der Waals surface area (Å²) in [6.45, 7) is 6.75. The molecule has 4 amide bonds. The van der Waals surface area contributed by atoms with Crippen LogP contribution in [0.3, 0.4) is 0 Å². The Labute approximate surface area is 335 Å². The molecule has 1 saturated heterocycles. The Kier molecular flexibility index (Phi) is 13.9. The van der Waals surface area contributed by atoms with E-state index in [1.807, 2.05) is 55.7 Å². The van der Waals surface area contributed by atoms with Crippen LogP contribution in [0.15, 0.2) is 72.9 Å². The second-order valence-electron chi connectivity index (χ2n) is 15.0. The van der Waals surface area contributed by atoms with Gasteiger partial charge in [0.15, 0.2) is 0 Å². The zero-order chi connectivity index (χ0) is 42.4. The number of amides is 4. The van der Waals surface area contributed by atoms with E-state index >= 15 is 4.39 Å². The van der Waals surface area contributed by atoms with Gasteiger partial charge in [0.05, 0.1) is 11.8 Å². The molecular weight excluding hydrogens is 790 g/mol. The molecule has 2 aromatic carbocycles. The highest BCUT2D eigenvalue weighted by molar-refractivity contribution is 8.00. The summed E-state index contributed by atoms with van der Waals surface area (Å²) in [4.78, 5) is 77.8. The molecule has 1 fully saturated rings. The van der Waals surface area contributed by atoms with Crippen molar-refractivity contribution in [3.05, 3.63) is 95.8 Å². The van der Waals surface area contributed by atoms with E-state index in [0.717, 1.165) is 54.1 Å². The minimum atomic E-state index is -5.54. The molecule has 2 aliphatic heterocycles. The molecule has 12 nitrogen and oxygen atoms in total. The lowest BCUT2D eigenvalue weighted by Gasteiger charge is -2.42. The lowest BCUT2D eigenvalue weighted by molar-refractivity contribution is -0.202. The minimum Gasteiger partial charge on any atom is -0.385 e. The molecule has 3 aromatic rings. The lowest BCUT2D eigenvalue weighted by Crippen LogP contribution is -2.50. The van der Waals surface area contributed by atoms with Crippen molar-refractivity contribution in [3.8, 4) is 11.1 Å². The van der Waals surface area contributed by atoms with E-state index < -0.39 is 83.2 Å². The molecule has 58 heavy (non-hydrogen) atoms. The van der Waals surface area contributed by atoms with Crippen LogP contribution in [0.25, 0.3) is 11.1 Å². The van der Waals surface area contributed by atoms with Crippen LogP contribution in [0, 0.1) is 23.0 Å². The summed E-state index contributed by atoms with van der Waals surface area (Å²) in [5, 5.41) is 5.40. The molecule has 0 radical (unpaired) electrons. The Morgan fingerprint density at radius 3 is 2.31 bits per heavy atom. The molecule has 2 N–H and O–H groups in total. The second kappa shape index (κ2) is 18.5. The van der Waals surface area contributed by atoms with Crippen LogP contribution >= 0.6 is 11.8 Å². The van der Waals surface area contributed by atoms with Crippen LogP contribution in [-0.4, -0.2) is 99.8 Å². The van der Waals surface area contributed by atoms with Crippen LogP contribution < -0.4 is 10.6 Å². The Hall–Kier alpha value is -5.36. The van der Waals surface area contributed by atoms with Crippen molar-refractivity contribution in [2.24, 2.45) is 11.3 Å². The Morgan fingerprint density at radius 2 is 1.69 bits per heavy atom. The van der Waals surface area contributed by atoms with Gasteiger partial charge in [0.2, 0.25) is 11.8 Å². The molecule has 18 heteroatoms. The van der Waals surface area contributed by atoms with Gasteiger partial charge in [0.25, 0.3) is 11.8 Å². The number of hydrogen-bond acceptors (Lipinski definition) is 9. The minimum absolute atomic E-state index is 0.0114. The highest BCUT2D eigenvalue weighted by Crippen LogP contribution is 2.42. The topological polar surface area (TPSA) is 147 Å². The van der Waals surface area contributed by atoms with Crippen molar-refractivity contribution < 1.29 is 55.5 Å². The number of hydrogen-bond donors (Lipinski definition) is 2. The van der Waals surface area contributed by atoms with Crippen molar-refractivity contribution in [2.75, 3.05) is 37.7 Å². The normalized spacial score (nSPS) is 16.7. The van der Waals surface area contributed by atoms with Crippen LogP contribution in [0.2, 0.25) is 0 Å². The number of esters is 2. The quantitative estimate of drug-likeness (QED) is 0.0957. The number of aromatic nitrogens is 1. The Balaban J connectivity index is 1.45. The fourth-order valence-corrected chi connectivity index (χ4v) is 7.73. The summed E-state index contributed by atoms with van der Waals surface area (Å²) >= 11 is 0.767. The number of alkyl halides is 3. The molecule has 3 atom stereocenters. The molecule has 2 aliphatic rings. The molecule has 3 heterocycles. The summed E-state index contributed by atoms with van der Waals surface area (Å²) in [5.74, 6) is -10.0. The summed E-state index contributed by atoms with van der Waals surface area (Å²) in [6.07, 6.45) is -1.29. The third-order valence-corrected chi connectivity index (χ3v) is 10.5. The molecule has 1 unspecified atom stereocenters. The van der Waals surface area contributed by atoms with Gasteiger partial charge < -0.3 is 24.8 Å². The predicted octanol–water partition coefficient (Wildman–Crippen LogP) is 4.78. The monoisotopic (exact) mass is 831 g/mol. The van der Waals surface area contributed by atoms with Crippen LogP contribution in [0.4, 0.5) is 22.0 Å². The molecule has 5 rings (SSSR count). The van der Waals surface area contributed by atoms with E-state index in [0.29, 0.717) is 35.8 Å². The molecule has 310 valence electrons. The second-order valence-corrected chi connectivity index (χ2v) is 16.0. The van der Waals surface area contributed by atoms with Gasteiger partial charge in [-0.15, -0.1) is 11.8 Å². The van der Waals surface area contributed by atoms with Gasteiger partial charge in [-0.25, -0.2) is 18.4 Å². The van der Waals surface area contributed by atoms with E-state index in [4.69, 9.17) is 0 Å². The Bertz CT molecular complexity index is 2040. The van der Waals surface area contributed by atoms with Crippen molar-refractivity contribution in [1.82, 2.24) is 25.0 Å². The zero-order valence-electron chi connectivity index (χ0n) is 31.8. The molecule has 0 bridgehead atoms. The van der Waals surface area contributed by atoms with E-state index in [-0.39, 0.29) is 23.8 Å². The van der Waals surface area contributed by atoms with E-state index in [1.165, 1.54) is 0 Å². The maximum absolute atomic E-state index is 15.2. The lowest BCUT2D eigenvalue weighted by atomic mass is 9.82. The van der Waals surface area contributed by atoms with Gasteiger partial charge in [-0.1, -0.05) is 51.1 Å². The van der Waals surface area contributed by atoms with Gasteiger partial charge in [0.1, 0.15) is 24.2 Å². The van der Waals surface area contributed by atoms with Gasteiger partial charge in [-0.2, -0.15) is 13.2 Å². The first-order chi connectivity index (χ1) is 27.3. The van der Waals surface area contributed by atoms with Gasteiger partial charge in [0, 0.05) is 54.0 Å². The van der Waals surface area contributed by atoms with E-state index in [1.54, 1.807) is 17.2 Å². The first-order valence-electron chi connectivity index (χ1n) is 18.2. The molecule has 1 aromatic heterocycles. The van der Waals surface area contributed by atoms with Gasteiger partial charge in [-0.3, -0.25) is 24.1 Å². The number of halogens is 5. The SMILES string of the molecule is CC(C)(C)[C@H](c1cc(-c2cc(F)ccc2F)cn1Cc1ccccc1)N(CC1CCNC1)C(=O)CSC[C@H](NC(=O)CN1C(=O)C=CC1=O)C(=O)OC(=O)C(F)(F)F. The number of carbonyl (C=O) groups is 6. The molecule has 0 aliphatic carbocycles. The first-order valence-corrected chi connectivity index (χ1v) is 19.4. The number of thioether (sulfide) groups is 1. The standard InChI is InChI=1S/C40H42F5N5O7S/c1-39(2,3)36(31-15-26(28-16-27(41)9-10-29(28)42)20-48(31)18-24-7-5-4-6-8-24)50(19-25-13-14-46-17-25)35(54)23-58-22-30(37(55)57-38(56)40(43,44)45)47-32(51)21-49-33(52)11-12-34(49)53/h4-12,15-16,20,25,30,36,46H,13-14,17-19,21-23H2,1-3H3,(H,47,51)/t25?,30-,36-/m0/s1. The summed E-state index contributed by atoms with van der Waals surface area (Å²) in [6, 6.07) is 11.7. The fraction of sp³-hybridized carbons (Fsp3) is 0.400. The number of nitrogens with zero attached hydrogens (tertiary/aromatic N) is 3. The van der Waals surface area contributed by atoms with Crippen LogP contribution in [-0.2, 0) is 40.0 Å². The van der Waals surface area contributed by atoms with Crippen molar-refractivity contribution >= 4 is 47.3 Å². The molecule has 0 spiro atoms. The third-order valence-electron chi connectivity index (χ3n) is 9.47. The number of benzene rings is 2. The largest absolute Gasteiger partial charge is 0.491 e. The van der Waals surface area contributed by atoms with Crippen LogP contribution in [0.5, 0.6) is 0 Å². The smallest absolute Gasteiger partial charge is 0.385 e. The number of ether oxygens (including phenoxy) is 1. The number of imide groups is 1. The van der Waals surface area contributed by atoms with Crippen molar-refractivity contribution in [1.29, 1.82) is 0 Å².